The van der Waals surface area contributed by atoms with Crippen LogP contribution in [0.3, 0.4) is 0 Å². The third kappa shape index (κ3) is 5.69. The molecule has 0 atom stereocenters. The molecule has 0 bridgehead atoms. The summed E-state index contributed by atoms with van der Waals surface area (Å²) in [6.45, 7) is 7.13. The number of urea groups is 1. The molecule has 39 heavy (non-hydrogen) atoms. The molecule has 0 fully saturated rings. The summed E-state index contributed by atoms with van der Waals surface area (Å²) in [4.78, 5) is 28.2. The number of aryl methyl sites for hydroxylation is 2. The summed E-state index contributed by atoms with van der Waals surface area (Å²) >= 11 is 0. The largest absolute Gasteiger partial charge is 0.416 e. The molecule has 206 valence electrons. The van der Waals surface area contributed by atoms with Gasteiger partial charge in [0.15, 0.2) is 5.78 Å². The molecular formula is C29H32F3N5O2. The molecule has 0 saturated carbocycles. The fourth-order valence-electron chi connectivity index (χ4n) is 5.40. The molecule has 0 aliphatic carbocycles. The van der Waals surface area contributed by atoms with Crippen LogP contribution in [0.1, 0.15) is 72.3 Å². The van der Waals surface area contributed by atoms with E-state index >= 15 is 0 Å². The van der Waals surface area contributed by atoms with Crippen LogP contribution in [0.15, 0.2) is 36.4 Å². The first-order valence-corrected chi connectivity index (χ1v) is 13.2. The third-order valence-corrected chi connectivity index (χ3v) is 7.24. The zero-order valence-electron chi connectivity index (χ0n) is 22.4. The van der Waals surface area contributed by atoms with E-state index in [9.17, 15) is 22.8 Å². The van der Waals surface area contributed by atoms with Crippen LogP contribution in [0.25, 0.3) is 11.1 Å². The lowest BCUT2D eigenvalue weighted by molar-refractivity contribution is -0.137. The zero-order chi connectivity index (χ0) is 27.9. The van der Waals surface area contributed by atoms with Gasteiger partial charge in [0, 0.05) is 50.0 Å². The molecule has 3 aromatic rings. The van der Waals surface area contributed by atoms with Crippen LogP contribution in [0.2, 0.25) is 0 Å². The second-order valence-corrected chi connectivity index (χ2v) is 11.3. The zero-order valence-corrected chi connectivity index (χ0v) is 22.4. The lowest BCUT2D eigenvalue weighted by Gasteiger charge is -2.34. The van der Waals surface area contributed by atoms with E-state index in [1.165, 1.54) is 6.07 Å². The summed E-state index contributed by atoms with van der Waals surface area (Å²) in [7, 11) is 0. The van der Waals surface area contributed by atoms with E-state index in [1.54, 1.807) is 23.1 Å². The molecule has 10 heteroatoms. The SMILES string of the molecule is CC(C)(C)NC(=O)N1CCc2c(-c3cccc(C(F)(F)F)c3)ccc(C(=O)CCc3nnc4n3CCC4)c2C1. The molecule has 1 aromatic heterocycles. The number of nitrogens with zero attached hydrogens (tertiary/aromatic N) is 4. The van der Waals surface area contributed by atoms with Gasteiger partial charge in [-0.1, -0.05) is 24.3 Å². The van der Waals surface area contributed by atoms with Crippen LogP contribution in [-0.4, -0.2) is 43.6 Å². The lowest BCUT2D eigenvalue weighted by Crippen LogP contribution is -2.50. The number of halogens is 3. The van der Waals surface area contributed by atoms with Crippen molar-refractivity contribution in [3.63, 3.8) is 0 Å². The Labute approximate surface area is 225 Å². The first-order chi connectivity index (χ1) is 18.4. The number of aromatic nitrogens is 3. The van der Waals surface area contributed by atoms with Gasteiger partial charge in [-0.05, 0) is 68.0 Å². The number of nitrogens with one attached hydrogen (secondary N) is 1. The van der Waals surface area contributed by atoms with Gasteiger partial charge in [-0.15, -0.1) is 10.2 Å². The molecule has 2 aliphatic heterocycles. The highest BCUT2D eigenvalue weighted by Crippen LogP contribution is 2.37. The van der Waals surface area contributed by atoms with Gasteiger partial charge in [-0.2, -0.15) is 13.2 Å². The van der Waals surface area contributed by atoms with Crippen LogP contribution in [0, 0.1) is 0 Å². The minimum Gasteiger partial charge on any atom is -0.333 e. The first kappa shape index (κ1) is 26.9. The maximum Gasteiger partial charge on any atom is 0.416 e. The van der Waals surface area contributed by atoms with Gasteiger partial charge in [-0.3, -0.25) is 4.79 Å². The maximum atomic E-state index is 13.5. The van der Waals surface area contributed by atoms with Crippen LogP contribution in [-0.2, 0) is 38.5 Å². The Kier molecular flexibility index (Phi) is 6.99. The number of fused-ring (bicyclic) bond motifs is 2. The van der Waals surface area contributed by atoms with Crippen molar-refractivity contribution in [3.05, 3.63) is 70.3 Å². The number of rotatable bonds is 5. The molecule has 0 saturated heterocycles. The molecule has 0 unspecified atom stereocenters. The predicted octanol–water partition coefficient (Wildman–Crippen LogP) is 5.59. The Morgan fingerprint density at radius 1 is 1.00 bits per heavy atom. The molecule has 2 aliphatic rings. The smallest absolute Gasteiger partial charge is 0.333 e. The van der Waals surface area contributed by atoms with E-state index in [1.807, 2.05) is 20.8 Å². The lowest BCUT2D eigenvalue weighted by atomic mass is 9.85. The molecule has 0 radical (unpaired) electrons. The molecule has 5 rings (SSSR count). The van der Waals surface area contributed by atoms with E-state index in [0.29, 0.717) is 41.6 Å². The van der Waals surface area contributed by atoms with E-state index in [2.05, 4.69) is 20.1 Å². The van der Waals surface area contributed by atoms with Crippen molar-refractivity contribution in [1.29, 1.82) is 0 Å². The third-order valence-electron chi connectivity index (χ3n) is 7.24. The number of ketones is 1. The molecule has 2 amide bonds. The standard InChI is InChI=1S/C29H32F3N5O2/c1-28(2,3)33-27(39)36-15-13-21-20(18-6-4-7-19(16-18)29(30,31)32)9-10-22(23(21)17-36)24(38)11-12-26-35-34-25-8-5-14-37(25)26/h4,6-7,9-10,16H,5,8,11-15,17H2,1-3H3,(H,33,39). The minimum absolute atomic E-state index is 0.0877. The summed E-state index contributed by atoms with van der Waals surface area (Å²) in [5.74, 6) is 1.65. The van der Waals surface area contributed by atoms with Gasteiger partial charge in [-0.25, -0.2) is 4.79 Å². The van der Waals surface area contributed by atoms with Crippen LogP contribution < -0.4 is 5.32 Å². The summed E-state index contributed by atoms with van der Waals surface area (Å²) in [6.07, 6.45) is -1.46. The highest BCUT2D eigenvalue weighted by atomic mass is 19.4. The Morgan fingerprint density at radius 3 is 2.54 bits per heavy atom. The van der Waals surface area contributed by atoms with Crippen molar-refractivity contribution < 1.29 is 22.8 Å². The quantitative estimate of drug-likeness (QED) is 0.429. The Balaban J connectivity index is 1.48. The average molecular weight is 540 g/mol. The van der Waals surface area contributed by atoms with Crippen molar-refractivity contribution in [3.8, 4) is 11.1 Å². The topological polar surface area (TPSA) is 80.1 Å². The van der Waals surface area contributed by atoms with Crippen LogP contribution >= 0.6 is 0 Å². The number of Topliss-reactive ketones (excluding diaryl/α,β-unsaturated/α-hetero) is 1. The second-order valence-electron chi connectivity index (χ2n) is 11.3. The van der Waals surface area contributed by atoms with Crippen molar-refractivity contribution in [2.24, 2.45) is 0 Å². The molecule has 3 heterocycles. The fraction of sp³-hybridized carbons (Fsp3) is 0.448. The van der Waals surface area contributed by atoms with E-state index in [-0.39, 0.29) is 24.8 Å². The Morgan fingerprint density at radius 2 is 1.79 bits per heavy atom. The summed E-state index contributed by atoms with van der Waals surface area (Å²) in [5.41, 5.74) is 1.92. The summed E-state index contributed by atoms with van der Waals surface area (Å²) in [6, 6.07) is 8.42. The molecule has 7 nitrogen and oxygen atoms in total. The highest BCUT2D eigenvalue weighted by molar-refractivity contribution is 5.99. The Bertz CT molecular complexity index is 1420. The number of carbonyl (C=O) groups excluding carboxylic acids is 2. The Hall–Kier alpha value is -3.69. The molecule has 1 N–H and O–H groups in total. The summed E-state index contributed by atoms with van der Waals surface area (Å²) in [5, 5.41) is 11.4. The van der Waals surface area contributed by atoms with Crippen molar-refractivity contribution in [2.75, 3.05) is 6.54 Å². The van der Waals surface area contributed by atoms with E-state index < -0.39 is 17.3 Å². The second kappa shape index (κ2) is 10.1. The first-order valence-electron chi connectivity index (χ1n) is 13.2. The fourth-order valence-corrected chi connectivity index (χ4v) is 5.40. The van der Waals surface area contributed by atoms with E-state index in [0.717, 1.165) is 48.7 Å². The molecule has 2 aromatic carbocycles. The van der Waals surface area contributed by atoms with Crippen molar-refractivity contribution >= 4 is 11.8 Å². The van der Waals surface area contributed by atoms with Gasteiger partial charge >= 0.3 is 12.2 Å². The van der Waals surface area contributed by atoms with Gasteiger partial charge in [0.05, 0.1) is 5.56 Å². The number of hydrogen-bond donors (Lipinski definition) is 1. The molecule has 0 spiro atoms. The van der Waals surface area contributed by atoms with Gasteiger partial charge in [0.2, 0.25) is 0 Å². The number of carbonyl (C=O) groups is 2. The predicted molar refractivity (Wildman–Crippen MR) is 140 cm³/mol. The minimum atomic E-state index is -4.46. The number of alkyl halides is 3. The van der Waals surface area contributed by atoms with Gasteiger partial charge < -0.3 is 14.8 Å². The number of amides is 2. The van der Waals surface area contributed by atoms with Crippen molar-refractivity contribution in [1.82, 2.24) is 25.0 Å². The summed E-state index contributed by atoms with van der Waals surface area (Å²) < 4.78 is 42.4. The molecular weight excluding hydrogens is 507 g/mol. The monoisotopic (exact) mass is 539 g/mol. The normalized spacial score (nSPS) is 15.2. The highest BCUT2D eigenvalue weighted by Gasteiger charge is 2.32. The average Bonchev–Trinajstić information content (AvgIpc) is 3.49. The van der Waals surface area contributed by atoms with Gasteiger partial charge in [0.1, 0.15) is 11.6 Å². The number of hydrogen-bond acceptors (Lipinski definition) is 4. The van der Waals surface area contributed by atoms with Crippen LogP contribution in [0.5, 0.6) is 0 Å². The van der Waals surface area contributed by atoms with E-state index in [4.69, 9.17) is 0 Å². The van der Waals surface area contributed by atoms with Crippen LogP contribution in [0.4, 0.5) is 18.0 Å². The number of benzene rings is 2. The van der Waals surface area contributed by atoms with Gasteiger partial charge in [0.25, 0.3) is 0 Å². The maximum absolute atomic E-state index is 13.5. The van der Waals surface area contributed by atoms with Crippen molar-refractivity contribution in [2.45, 2.75) is 77.7 Å².